The van der Waals surface area contributed by atoms with Gasteiger partial charge >= 0.3 is 0 Å². The number of nitrogens with zero attached hydrogens (tertiary/aromatic N) is 1. The minimum absolute atomic E-state index is 0. The normalized spacial score (nSPS) is 9.47. The van der Waals surface area contributed by atoms with Gasteiger partial charge in [0, 0.05) is 25.4 Å². The van der Waals surface area contributed by atoms with Crippen molar-refractivity contribution in [3.8, 4) is 0 Å². The minimum atomic E-state index is -0.163. The molecular formula is C11H18ClN3O2. The van der Waals surface area contributed by atoms with Crippen LogP contribution < -0.4 is 16.2 Å². The standard InChI is InChI=1S/C11H17N3O2.ClH/c1-2-12-6-7-13-10(15)9-14-8-4-3-5-11(14)16;/h3-5,8,12H,2,6-7,9H2,1H3,(H,13,15);1H. The maximum Gasteiger partial charge on any atom is 0.250 e. The first-order chi connectivity index (χ1) is 7.74. The molecule has 0 aliphatic carbocycles. The number of carbonyl (C=O) groups is 1. The monoisotopic (exact) mass is 259 g/mol. The van der Waals surface area contributed by atoms with Gasteiger partial charge in [0.05, 0.1) is 0 Å². The number of carbonyl (C=O) groups excluding carboxylic acids is 1. The Hall–Kier alpha value is -1.33. The Bertz CT molecular complexity index is 392. The van der Waals surface area contributed by atoms with Gasteiger partial charge < -0.3 is 15.2 Å². The number of hydrogen-bond donors (Lipinski definition) is 2. The fourth-order valence-electron chi connectivity index (χ4n) is 1.27. The molecule has 0 fully saturated rings. The van der Waals surface area contributed by atoms with Crippen LogP contribution in [0.2, 0.25) is 0 Å². The molecule has 6 heteroatoms. The number of aromatic nitrogens is 1. The highest BCUT2D eigenvalue weighted by atomic mass is 35.5. The topological polar surface area (TPSA) is 63.1 Å². The molecule has 0 radical (unpaired) electrons. The maximum atomic E-state index is 11.4. The van der Waals surface area contributed by atoms with Crippen LogP contribution in [-0.2, 0) is 11.3 Å². The summed E-state index contributed by atoms with van der Waals surface area (Å²) in [5.41, 5.74) is -0.163. The van der Waals surface area contributed by atoms with Gasteiger partial charge in [0.25, 0.3) is 5.56 Å². The van der Waals surface area contributed by atoms with Gasteiger partial charge in [-0.25, -0.2) is 0 Å². The number of halogens is 1. The van der Waals surface area contributed by atoms with E-state index in [0.717, 1.165) is 13.1 Å². The van der Waals surface area contributed by atoms with E-state index in [2.05, 4.69) is 10.6 Å². The van der Waals surface area contributed by atoms with Crippen LogP contribution in [0.4, 0.5) is 0 Å². The highest BCUT2D eigenvalue weighted by molar-refractivity contribution is 5.85. The Balaban J connectivity index is 0.00000256. The van der Waals surface area contributed by atoms with Gasteiger partial charge in [0.2, 0.25) is 5.91 Å². The average Bonchev–Trinajstić information content (AvgIpc) is 2.28. The summed E-state index contributed by atoms with van der Waals surface area (Å²) in [7, 11) is 0. The summed E-state index contributed by atoms with van der Waals surface area (Å²) in [5, 5.41) is 5.83. The number of rotatable bonds is 6. The van der Waals surface area contributed by atoms with Crippen molar-refractivity contribution in [3.63, 3.8) is 0 Å². The average molecular weight is 260 g/mol. The first-order valence-corrected chi connectivity index (χ1v) is 5.37. The van der Waals surface area contributed by atoms with Crippen LogP contribution >= 0.6 is 12.4 Å². The van der Waals surface area contributed by atoms with Crippen LogP contribution in [0, 0.1) is 0 Å². The van der Waals surface area contributed by atoms with Crippen molar-refractivity contribution in [2.75, 3.05) is 19.6 Å². The van der Waals surface area contributed by atoms with E-state index in [4.69, 9.17) is 0 Å². The van der Waals surface area contributed by atoms with Crippen molar-refractivity contribution in [1.29, 1.82) is 0 Å². The van der Waals surface area contributed by atoms with Crippen molar-refractivity contribution in [3.05, 3.63) is 34.7 Å². The molecule has 1 heterocycles. The van der Waals surface area contributed by atoms with Crippen molar-refractivity contribution >= 4 is 18.3 Å². The molecule has 2 N–H and O–H groups in total. The lowest BCUT2D eigenvalue weighted by Gasteiger charge is -2.07. The van der Waals surface area contributed by atoms with E-state index < -0.39 is 0 Å². The zero-order valence-electron chi connectivity index (χ0n) is 9.81. The van der Waals surface area contributed by atoms with Gasteiger partial charge in [0.15, 0.2) is 0 Å². The predicted octanol–water partition coefficient (Wildman–Crippen LogP) is -0.00420. The van der Waals surface area contributed by atoms with Gasteiger partial charge in [-0.05, 0) is 12.6 Å². The van der Waals surface area contributed by atoms with E-state index >= 15 is 0 Å². The van der Waals surface area contributed by atoms with Crippen molar-refractivity contribution < 1.29 is 4.79 Å². The second-order valence-electron chi connectivity index (χ2n) is 3.37. The third-order valence-electron chi connectivity index (χ3n) is 2.09. The Morgan fingerprint density at radius 2 is 2.12 bits per heavy atom. The number of hydrogen-bond acceptors (Lipinski definition) is 3. The summed E-state index contributed by atoms with van der Waals surface area (Å²) in [6.45, 7) is 4.28. The molecule has 0 bridgehead atoms. The molecule has 0 atom stereocenters. The molecule has 1 amide bonds. The van der Waals surface area contributed by atoms with E-state index in [1.807, 2.05) is 6.92 Å². The van der Waals surface area contributed by atoms with Crippen LogP contribution in [0.5, 0.6) is 0 Å². The lowest BCUT2D eigenvalue weighted by Crippen LogP contribution is -2.35. The number of nitrogens with one attached hydrogen (secondary N) is 2. The van der Waals surface area contributed by atoms with E-state index in [-0.39, 0.29) is 30.4 Å². The molecule has 0 aromatic carbocycles. The van der Waals surface area contributed by atoms with Crippen molar-refractivity contribution in [2.24, 2.45) is 0 Å². The molecule has 96 valence electrons. The van der Waals surface area contributed by atoms with Gasteiger partial charge in [-0.2, -0.15) is 0 Å². The van der Waals surface area contributed by atoms with E-state index in [1.54, 1.807) is 18.3 Å². The molecule has 0 saturated heterocycles. The summed E-state index contributed by atoms with van der Waals surface area (Å²) < 4.78 is 1.38. The molecular weight excluding hydrogens is 242 g/mol. The fraction of sp³-hybridized carbons (Fsp3) is 0.455. The Kier molecular flexibility index (Phi) is 8.09. The molecule has 1 rings (SSSR count). The summed E-state index contributed by atoms with van der Waals surface area (Å²) in [6.07, 6.45) is 1.60. The number of likely N-dealkylation sites (N-methyl/N-ethyl adjacent to an activating group) is 1. The Morgan fingerprint density at radius 1 is 1.35 bits per heavy atom. The third-order valence-corrected chi connectivity index (χ3v) is 2.09. The van der Waals surface area contributed by atoms with Gasteiger partial charge in [-0.15, -0.1) is 12.4 Å². The van der Waals surface area contributed by atoms with Gasteiger partial charge in [0.1, 0.15) is 6.54 Å². The van der Waals surface area contributed by atoms with Crippen LogP contribution in [0.25, 0.3) is 0 Å². The fourth-order valence-corrected chi connectivity index (χ4v) is 1.27. The van der Waals surface area contributed by atoms with Crippen LogP contribution in [0.15, 0.2) is 29.2 Å². The van der Waals surface area contributed by atoms with Gasteiger partial charge in [-0.1, -0.05) is 13.0 Å². The zero-order chi connectivity index (χ0) is 11.8. The molecule has 17 heavy (non-hydrogen) atoms. The van der Waals surface area contributed by atoms with Crippen LogP contribution in [0.3, 0.4) is 0 Å². The highest BCUT2D eigenvalue weighted by Gasteiger charge is 2.02. The first kappa shape index (κ1) is 15.7. The first-order valence-electron chi connectivity index (χ1n) is 5.37. The molecule has 0 saturated carbocycles. The molecule has 1 aromatic rings. The second kappa shape index (κ2) is 8.78. The summed E-state index contributed by atoms with van der Waals surface area (Å²) >= 11 is 0. The summed E-state index contributed by atoms with van der Waals surface area (Å²) in [5.74, 6) is -0.147. The highest BCUT2D eigenvalue weighted by Crippen LogP contribution is 1.82. The lowest BCUT2D eigenvalue weighted by molar-refractivity contribution is -0.121. The molecule has 0 aliphatic rings. The van der Waals surface area contributed by atoms with Gasteiger partial charge in [-0.3, -0.25) is 9.59 Å². The Labute approximate surface area is 107 Å². The SMILES string of the molecule is CCNCCNC(=O)Cn1ccccc1=O.Cl. The molecule has 0 aliphatic heterocycles. The zero-order valence-corrected chi connectivity index (χ0v) is 10.6. The smallest absolute Gasteiger partial charge is 0.250 e. The largest absolute Gasteiger partial charge is 0.353 e. The predicted molar refractivity (Wildman–Crippen MR) is 69.5 cm³/mol. The minimum Gasteiger partial charge on any atom is -0.353 e. The van der Waals surface area contributed by atoms with Crippen LogP contribution in [0.1, 0.15) is 6.92 Å². The summed E-state index contributed by atoms with van der Waals surface area (Å²) in [4.78, 5) is 22.7. The molecule has 0 unspecified atom stereocenters. The number of pyridine rings is 1. The van der Waals surface area contributed by atoms with E-state index in [0.29, 0.717) is 6.54 Å². The van der Waals surface area contributed by atoms with Crippen molar-refractivity contribution in [1.82, 2.24) is 15.2 Å². The molecule has 1 aromatic heterocycles. The molecule has 0 spiro atoms. The number of amides is 1. The molecule has 5 nitrogen and oxygen atoms in total. The van der Waals surface area contributed by atoms with E-state index in [9.17, 15) is 9.59 Å². The third kappa shape index (κ3) is 6.09. The second-order valence-corrected chi connectivity index (χ2v) is 3.37. The van der Waals surface area contributed by atoms with Crippen molar-refractivity contribution in [2.45, 2.75) is 13.5 Å². The lowest BCUT2D eigenvalue weighted by atomic mass is 10.4. The quantitative estimate of drug-likeness (QED) is 0.707. The summed E-state index contributed by atoms with van der Waals surface area (Å²) in [6, 6.07) is 4.82. The maximum absolute atomic E-state index is 11.4. The van der Waals surface area contributed by atoms with Crippen LogP contribution in [-0.4, -0.2) is 30.1 Å². The Morgan fingerprint density at radius 3 is 2.76 bits per heavy atom. The van der Waals surface area contributed by atoms with E-state index in [1.165, 1.54) is 10.6 Å².